The molecular formula is C15H21NO. The van der Waals surface area contributed by atoms with Gasteiger partial charge >= 0.3 is 0 Å². The average molecular weight is 231 g/mol. The van der Waals surface area contributed by atoms with Gasteiger partial charge in [0, 0.05) is 0 Å². The molecule has 17 heavy (non-hydrogen) atoms. The van der Waals surface area contributed by atoms with Gasteiger partial charge in [0.1, 0.15) is 0 Å². The number of nitrogens with one attached hydrogen (secondary N) is 1. The summed E-state index contributed by atoms with van der Waals surface area (Å²) in [5.41, 5.74) is 1.28. The minimum atomic E-state index is -0.433. The molecule has 3 rings (SSSR count). The molecule has 2 aliphatic rings. The van der Waals surface area contributed by atoms with Crippen molar-refractivity contribution in [2.24, 2.45) is 0 Å². The molecule has 2 fully saturated rings. The lowest BCUT2D eigenvalue weighted by Gasteiger charge is -2.36. The first-order chi connectivity index (χ1) is 8.23. The minimum Gasteiger partial charge on any atom is -0.390 e. The van der Waals surface area contributed by atoms with E-state index < -0.39 is 5.60 Å². The molecule has 0 atom stereocenters. The van der Waals surface area contributed by atoms with E-state index in [0.29, 0.717) is 0 Å². The fraction of sp³-hybridized carbons (Fsp3) is 0.600. The second-order valence-corrected chi connectivity index (χ2v) is 5.80. The SMILES string of the molecule is OC1(CC2(c3ccccc3)CC2)CCNCC1. The van der Waals surface area contributed by atoms with Crippen LogP contribution < -0.4 is 5.32 Å². The zero-order valence-electron chi connectivity index (χ0n) is 10.3. The number of benzene rings is 1. The largest absolute Gasteiger partial charge is 0.390 e. The van der Waals surface area contributed by atoms with Crippen LogP contribution >= 0.6 is 0 Å². The van der Waals surface area contributed by atoms with Gasteiger partial charge in [0.15, 0.2) is 0 Å². The summed E-state index contributed by atoms with van der Waals surface area (Å²) in [5.74, 6) is 0. The number of hydrogen-bond donors (Lipinski definition) is 2. The molecular weight excluding hydrogens is 210 g/mol. The molecule has 1 heterocycles. The highest BCUT2D eigenvalue weighted by Crippen LogP contribution is 2.54. The molecule has 1 aliphatic heterocycles. The first-order valence-corrected chi connectivity index (χ1v) is 6.71. The lowest BCUT2D eigenvalue weighted by Crippen LogP contribution is -2.44. The normalized spacial score (nSPS) is 25.5. The zero-order chi connectivity index (χ0) is 11.8. The predicted octanol–water partition coefficient (Wildman–Crippen LogP) is 2.22. The topological polar surface area (TPSA) is 32.3 Å². The van der Waals surface area contributed by atoms with E-state index in [9.17, 15) is 5.11 Å². The standard InChI is InChI=1S/C15H21NO/c17-15(8-10-16-11-9-15)12-14(6-7-14)13-4-2-1-3-5-13/h1-5,16-17H,6-12H2. The first kappa shape index (κ1) is 11.2. The van der Waals surface area contributed by atoms with E-state index in [0.717, 1.165) is 32.4 Å². The van der Waals surface area contributed by atoms with Gasteiger partial charge in [-0.3, -0.25) is 0 Å². The molecule has 0 amide bonds. The van der Waals surface area contributed by atoms with Crippen molar-refractivity contribution in [3.63, 3.8) is 0 Å². The predicted molar refractivity (Wildman–Crippen MR) is 69.0 cm³/mol. The molecule has 0 aromatic heterocycles. The maximum absolute atomic E-state index is 10.7. The van der Waals surface area contributed by atoms with Crippen LogP contribution in [0.15, 0.2) is 30.3 Å². The third-order valence-corrected chi connectivity index (χ3v) is 4.44. The summed E-state index contributed by atoms with van der Waals surface area (Å²) < 4.78 is 0. The molecule has 0 radical (unpaired) electrons. The van der Waals surface area contributed by atoms with E-state index in [-0.39, 0.29) is 5.41 Å². The van der Waals surface area contributed by atoms with E-state index in [1.165, 1.54) is 18.4 Å². The van der Waals surface area contributed by atoms with Gasteiger partial charge in [-0.15, -0.1) is 0 Å². The van der Waals surface area contributed by atoms with Crippen LogP contribution in [0.3, 0.4) is 0 Å². The Hall–Kier alpha value is -0.860. The fourth-order valence-corrected chi connectivity index (χ4v) is 3.21. The smallest absolute Gasteiger partial charge is 0.0680 e. The zero-order valence-corrected chi connectivity index (χ0v) is 10.3. The van der Waals surface area contributed by atoms with Crippen molar-refractivity contribution < 1.29 is 5.11 Å². The molecule has 1 aliphatic carbocycles. The summed E-state index contributed by atoms with van der Waals surface area (Å²) in [7, 11) is 0. The summed E-state index contributed by atoms with van der Waals surface area (Å²) in [5, 5.41) is 14.0. The van der Waals surface area contributed by atoms with Crippen molar-refractivity contribution in [1.82, 2.24) is 5.32 Å². The van der Waals surface area contributed by atoms with Crippen LogP contribution in [0.25, 0.3) is 0 Å². The fourth-order valence-electron chi connectivity index (χ4n) is 3.21. The Bertz CT molecular complexity index is 377. The van der Waals surface area contributed by atoms with Crippen LogP contribution in [-0.4, -0.2) is 23.8 Å². The third-order valence-electron chi connectivity index (χ3n) is 4.44. The Morgan fingerprint density at radius 3 is 2.24 bits per heavy atom. The molecule has 2 N–H and O–H groups in total. The van der Waals surface area contributed by atoms with Crippen LogP contribution in [0, 0.1) is 0 Å². The van der Waals surface area contributed by atoms with E-state index in [2.05, 4.69) is 35.6 Å². The molecule has 0 bridgehead atoms. The van der Waals surface area contributed by atoms with E-state index in [1.54, 1.807) is 0 Å². The summed E-state index contributed by atoms with van der Waals surface area (Å²) in [6.07, 6.45) is 5.24. The van der Waals surface area contributed by atoms with Crippen LogP contribution in [0.5, 0.6) is 0 Å². The summed E-state index contributed by atoms with van der Waals surface area (Å²) in [4.78, 5) is 0. The second kappa shape index (κ2) is 4.11. The number of piperidine rings is 1. The monoisotopic (exact) mass is 231 g/mol. The van der Waals surface area contributed by atoms with Crippen LogP contribution in [0.4, 0.5) is 0 Å². The van der Waals surface area contributed by atoms with Crippen LogP contribution in [-0.2, 0) is 5.41 Å². The lowest BCUT2D eigenvalue weighted by molar-refractivity contribution is -0.00659. The van der Waals surface area contributed by atoms with Gasteiger partial charge in [-0.25, -0.2) is 0 Å². The molecule has 1 saturated heterocycles. The number of aliphatic hydroxyl groups is 1. The van der Waals surface area contributed by atoms with Crippen molar-refractivity contribution in [2.45, 2.75) is 43.1 Å². The van der Waals surface area contributed by atoms with Gasteiger partial charge in [-0.05, 0) is 56.2 Å². The van der Waals surface area contributed by atoms with Gasteiger partial charge in [0.05, 0.1) is 5.60 Å². The maximum atomic E-state index is 10.7. The van der Waals surface area contributed by atoms with Crippen molar-refractivity contribution in [3.8, 4) is 0 Å². The van der Waals surface area contributed by atoms with Gasteiger partial charge in [-0.1, -0.05) is 30.3 Å². The highest BCUT2D eigenvalue weighted by molar-refractivity contribution is 5.31. The molecule has 2 heteroatoms. The summed E-state index contributed by atoms with van der Waals surface area (Å²) >= 11 is 0. The molecule has 0 spiro atoms. The Labute approximate surface area is 103 Å². The number of hydrogen-bond acceptors (Lipinski definition) is 2. The second-order valence-electron chi connectivity index (χ2n) is 5.80. The van der Waals surface area contributed by atoms with E-state index in [4.69, 9.17) is 0 Å². The molecule has 0 unspecified atom stereocenters. The van der Waals surface area contributed by atoms with Crippen LogP contribution in [0.2, 0.25) is 0 Å². The van der Waals surface area contributed by atoms with Crippen molar-refractivity contribution >= 4 is 0 Å². The van der Waals surface area contributed by atoms with Gasteiger partial charge < -0.3 is 10.4 Å². The minimum absolute atomic E-state index is 0.285. The highest BCUT2D eigenvalue weighted by atomic mass is 16.3. The number of rotatable bonds is 3. The maximum Gasteiger partial charge on any atom is 0.0680 e. The third kappa shape index (κ3) is 2.24. The van der Waals surface area contributed by atoms with E-state index in [1.807, 2.05) is 0 Å². The Kier molecular flexibility index (Phi) is 2.72. The highest BCUT2D eigenvalue weighted by Gasteiger charge is 2.49. The van der Waals surface area contributed by atoms with Gasteiger partial charge in [0.2, 0.25) is 0 Å². The lowest BCUT2D eigenvalue weighted by atomic mass is 9.78. The molecule has 92 valence electrons. The molecule has 1 saturated carbocycles. The molecule has 2 nitrogen and oxygen atoms in total. The van der Waals surface area contributed by atoms with Gasteiger partial charge in [0.25, 0.3) is 0 Å². The van der Waals surface area contributed by atoms with Gasteiger partial charge in [-0.2, -0.15) is 0 Å². The van der Waals surface area contributed by atoms with Crippen molar-refractivity contribution in [1.29, 1.82) is 0 Å². The molecule has 1 aromatic carbocycles. The van der Waals surface area contributed by atoms with Crippen molar-refractivity contribution in [3.05, 3.63) is 35.9 Å². The van der Waals surface area contributed by atoms with Crippen molar-refractivity contribution in [2.75, 3.05) is 13.1 Å². The first-order valence-electron chi connectivity index (χ1n) is 6.71. The Morgan fingerprint density at radius 1 is 1.00 bits per heavy atom. The molecule has 1 aromatic rings. The van der Waals surface area contributed by atoms with Crippen LogP contribution in [0.1, 0.15) is 37.7 Å². The summed E-state index contributed by atoms with van der Waals surface area (Å²) in [6, 6.07) is 10.7. The average Bonchev–Trinajstić information content (AvgIpc) is 3.11. The Morgan fingerprint density at radius 2 is 1.65 bits per heavy atom. The summed E-state index contributed by atoms with van der Waals surface area (Å²) in [6.45, 7) is 1.92. The quantitative estimate of drug-likeness (QED) is 0.836. The van der Waals surface area contributed by atoms with E-state index >= 15 is 0 Å². The Balaban J connectivity index is 1.76.